The van der Waals surface area contributed by atoms with Crippen LogP contribution in [-0.4, -0.2) is 68.0 Å². The Labute approximate surface area is 249 Å². The van der Waals surface area contributed by atoms with Crippen molar-refractivity contribution in [2.75, 3.05) is 46.2 Å². The summed E-state index contributed by atoms with van der Waals surface area (Å²) in [5.74, 6) is 1.98. The van der Waals surface area contributed by atoms with Crippen molar-refractivity contribution >= 4 is 27.4 Å². The lowest BCUT2D eigenvalue weighted by Crippen LogP contribution is -2.27. The van der Waals surface area contributed by atoms with Crippen LogP contribution in [0.15, 0.2) is 66.7 Å². The van der Waals surface area contributed by atoms with E-state index in [1.165, 1.54) is 11.3 Å². The highest BCUT2D eigenvalue weighted by atomic mass is 32.1. The highest BCUT2D eigenvalue weighted by molar-refractivity contribution is 7.22. The van der Waals surface area contributed by atoms with E-state index in [4.69, 9.17) is 28.4 Å². The van der Waals surface area contributed by atoms with Gasteiger partial charge < -0.3 is 38.6 Å². The molecule has 3 aromatic carbocycles. The van der Waals surface area contributed by atoms with Gasteiger partial charge in [-0.15, -0.1) is 11.3 Å². The first-order valence-corrected chi connectivity index (χ1v) is 14.4. The summed E-state index contributed by atoms with van der Waals surface area (Å²) in [6, 6.07) is 19.5. The fourth-order valence-corrected chi connectivity index (χ4v) is 5.04. The van der Waals surface area contributed by atoms with Crippen LogP contribution in [0.25, 0.3) is 20.5 Å². The van der Waals surface area contributed by atoms with Gasteiger partial charge in [-0.1, -0.05) is 0 Å². The molecule has 42 heavy (non-hydrogen) atoms. The minimum atomic E-state index is -0.524. The third-order valence-electron chi connectivity index (χ3n) is 5.68. The number of carbonyl (C=O) groups excluding carboxylic acids is 1. The molecule has 0 saturated carbocycles. The van der Waals surface area contributed by atoms with E-state index >= 15 is 0 Å². The summed E-state index contributed by atoms with van der Waals surface area (Å²) in [6.45, 7) is 7.59. The monoisotopic (exact) mass is 596 g/mol. The molecule has 10 heteroatoms. The van der Waals surface area contributed by atoms with Crippen molar-refractivity contribution in [1.29, 1.82) is 0 Å². The fourth-order valence-electron chi connectivity index (χ4n) is 3.87. The number of carbonyl (C=O) groups is 1. The molecule has 2 N–H and O–H groups in total. The normalized spacial score (nSPS) is 11.5. The van der Waals surface area contributed by atoms with Crippen molar-refractivity contribution in [2.24, 2.45) is 0 Å². The van der Waals surface area contributed by atoms with Gasteiger partial charge in [-0.3, -0.25) is 0 Å². The van der Waals surface area contributed by atoms with Gasteiger partial charge in [-0.05, 0) is 93.1 Å². The zero-order valence-corrected chi connectivity index (χ0v) is 24.8. The van der Waals surface area contributed by atoms with Gasteiger partial charge in [0.15, 0.2) is 5.75 Å². The number of ether oxygens (including phenoxy) is 6. The Kier molecular flexibility index (Phi) is 11.0. The minimum Gasteiger partial charge on any atom is -0.508 e. The molecule has 0 bridgehead atoms. The number of benzene rings is 3. The van der Waals surface area contributed by atoms with Gasteiger partial charge >= 0.3 is 5.97 Å². The Morgan fingerprint density at radius 3 is 2.00 bits per heavy atom. The van der Waals surface area contributed by atoms with Crippen molar-refractivity contribution in [1.82, 2.24) is 0 Å². The molecule has 4 aromatic rings. The molecule has 224 valence electrons. The molecule has 4 rings (SSSR count). The maximum absolute atomic E-state index is 11.6. The lowest BCUT2D eigenvalue weighted by Gasteiger charge is -2.19. The summed E-state index contributed by atoms with van der Waals surface area (Å²) in [4.78, 5) is 12.5. The average molecular weight is 597 g/mol. The second kappa shape index (κ2) is 14.9. The number of hydrogen-bond acceptors (Lipinski definition) is 10. The molecule has 0 aliphatic heterocycles. The molecule has 0 unspecified atom stereocenters. The van der Waals surface area contributed by atoms with Crippen LogP contribution in [0.3, 0.4) is 0 Å². The van der Waals surface area contributed by atoms with Crippen LogP contribution in [0.2, 0.25) is 0 Å². The summed E-state index contributed by atoms with van der Waals surface area (Å²) in [7, 11) is 0. The van der Waals surface area contributed by atoms with Crippen LogP contribution in [0.4, 0.5) is 0 Å². The summed E-state index contributed by atoms with van der Waals surface area (Å²) in [5.41, 5.74) is 0.379. The van der Waals surface area contributed by atoms with E-state index < -0.39 is 11.6 Å². The molecular formula is C32H36O9S. The third kappa shape index (κ3) is 9.63. The SMILES string of the molecule is CC(C)(C)OC(=O)COCCOCCOCCOc1ccc(Oc2c(-c3ccc(O)cc3)sc3cc(O)ccc23)cc1. The number of fused-ring (bicyclic) bond motifs is 1. The highest BCUT2D eigenvalue weighted by Crippen LogP contribution is 2.47. The number of phenols is 2. The van der Waals surface area contributed by atoms with E-state index in [0.717, 1.165) is 20.5 Å². The average Bonchev–Trinajstić information content (AvgIpc) is 3.29. The number of phenolic OH excluding ortho intramolecular Hbond substituents is 2. The van der Waals surface area contributed by atoms with Crippen LogP contribution in [-0.2, 0) is 23.7 Å². The maximum atomic E-state index is 11.6. The Morgan fingerprint density at radius 2 is 1.33 bits per heavy atom. The lowest BCUT2D eigenvalue weighted by atomic mass is 10.1. The number of thiophene rings is 1. The number of rotatable bonds is 15. The largest absolute Gasteiger partial charge is 0.508 e. The Morgan fingerprint density at radius 1 is 0.738 bits per heavy atom. The van der Waals surface area contributed by atoms with Crippen molar-refractivity contribution < 1.29 is 43.4 Å². The molecule has 0 radical (unpaired) electrons. The van der Waals surface area contributed by atoms with Crippen molar-refractivity contribution in [3.05, 3.63) is 66.7 Å². The molecule has 9 nitrogen and oxygen atoms in total. The zero-order chi connectivity index (χ0) is 30.0. The minimum absolute atomic E-state index is 0.0985. The van der Waals surface area contributed by atoms with Gasteiger partial charge in [0.2, 0.25) is 0 Å². The number of aromatic hydroxyl groups is 2. The molecule has 0 amide bonds. The lowest BCUT2D eigenvalue weighted by molar-refractivity contribution is -0.160. The Balaban J connectivity index is 1.17. The van der Waals surface area contributed by atoms with Crippen molar-refractivity contribution in [2.45, 2.75) is 26.4 Å². The summed E-state index contributed by atoms with van der Waals surface area (Å²) >= 11 is 1.51. The van der Waals surface area contributed by atoms with Gasteiger partial charge in [0.05, 0.1) is 37.9 Å². The van der Waals surface area contributed by atoms with E-state index in [-0.39, 0.29) is 18.1 Å². The zero-order valence-electron chi connectivity index (χ0n) is 24.0. The smallest absolute Gasteiger partial charge is 0.332 e. The van der Waals surface area contributed by atoms with Gasteiger partial charge in [-0.2, -0.15) is 0 Å². The topological polar surface area (TPSA) is 113 Å². The van der Waals surface area contributed by atoms with E-state index in [9.17, 15) is 15.0 Å². The van der Waals surface area contributed by atoms with Gasteiger partial charge in [0.25, 0.3) is 0 Å². The maximum Gasteiger partial charge on any atom is 0.332 e. The van der Waals surface area contributed by atoms with E-state index in [1.807, 2.05) is 63.2 Å². The molecule has 0 spiro atoms. The van der Waals surface area contributed by atoms with E-state index in [2.05, 4.69) is 0 Å². The van der Waals surface area contributed by atoms with Crippen LogP contribution < -0.4 is 9.47 Å². The molecular weight excluding hydrogens is 560 g/mol. The van der Waals surface area contributed by atoms with E-state index in [0.29, 0.717) is 56.9 Å². The van der Waals surface area contributed by atoms with Gasteiger partial charge in [0, 0.05) is 10.1 Å². The van der Waals surface area contributed by atoms with Crippen molar-refractivity contribution in [3.8, 4) is 39.2 Å². The van der Waals surface area contributed by atoms with E-state index in [1.54, 1.807) is 24.3 Å². The van der Waals surface area contributed by atoms with Crippen LogP contribution in [0, 0.1) is 0 Å². The third-order valence-corrected chi connectivity index (χ3v) is 6.86. The quantitative estimate of drug-likeness (QED) is 0.117. The molecule has 0 aliphatic carbocycles. The Hall–Kier alpha value is -3.83. The van der Waals surface area contributed by atoms with Gasteiger partial charge in [-0.25, -0.2) is 4.79 Å². The molecule has 0 fully saturated rings. The first-order valence-electron chi connectivity index (χ1n) is 13.6. The van der Waals surface area contributed by atoms with Gasteiger partial charge in [0.1, 0.15) is 41.8 Å². The second-order valence-corrected chi connectivity index (χ2v) is 11.3. The standard InChI is InChI=1S/C32H36O9S/c1-32(2,3)41-29(35)21-38-17-16-36-14-15-37-18-19-39-25-9-11-26(12-10-25)40-30-27-13-8-24(34)20-28(27)42-31(30)22-4-6-23(33)7-5-22/h4-13,20,33-34H,14-19,21H2,1-3H3. The first kappa shape index (κ1) is 31.1. The molecule has 0 atom stereocenters. The summed E-state index contributed by atoms with van der Waals surface area (Å²) in [6.07, 6.45) is 0. The fraction of sp³-hybridized carbons (Fsp3) is 0.344. The predicted octanol–water partition coefficient (Wildman–Crippen LogP) is 6.54. The Bertz CT molecular complexity index is 1420. The highest BCUT2D eigenvalue weighted by Gasteiger charge is 2.18. The molecule has 1 heterocycles. The predicted molar refractivity (Wildman–Crippen MR) is 161 cm³/mol. The summed E-state index contributed by atoms with van der Waals surface area (Å²) in [5, 5.41) is 20.5. The van der Waals surface area contributed by atoms with Crippen LogP contribution >= 0.6 is 11.3 Å². The molecule has 0 aliphatic rings. The molecule has 1 aromatic heterocycles. The second-order valence-electron chi connectivity index (χ2n) is 10.3. The van der Waals surface area contributed by atoms with Crippen molar-refractivity contribution in [3.63, 3.8) is 0 Å². The first-order chi connectivity index (χ1) is 20.2. The van der Waals surface area contributed by atoms with Crippen LogP contribution in [0.5, 0.6) is 28.7 Å². The summed E-state index contributed by atoms with van der Waals surface area (Å²) < 4.78 is 34.4. The molecule has 0 saturated heterocycles. The number of esters is 1. The van der Waals surface area contributed by atoms with Crippen LogP contribution in [0.1, 0.15) is 20.8 Å². The number of hydrogen-bond donors (Lipinski definition) is 2.